The maximum absolute atomic E-state index is 14.5. The number of anilines is 6. The van der Waals surface area contributed by atoms with Gasteiger partial charge >= 0.3 is 17.9 Å². The number of rotatable bonds is 17. The smallest absolute Gasteiger partial charge is 0.330 e. The lowest BCUT2D eigenvalue weighted by Gasteiger charge is -2.19. The van der Waals surface area contributed by atoms with Crippen LogP contribution in [-0.2, 0) is 32.0 Å². The minimum atomic E-state index is -1.05. The minimum Gasteiger partial charge on any atom is -0.481 e. The van der Waals surface area contributed by atoms with Crippen molar-refractivity contribution in [3.63, 3.8) is 0 Å². The van der Waals surface area contributed by atoms with Gasteiger partial charge in [-0.15, -0.1) is 0 Å². The average molecular weight is 1300 g/mol. The number of pyridine rings is 6. The summed E-state index contributed by atoms with van der Waals surface area (Å²) in [6.07, 6.45) is 2.84. The molecule has 6 aromatic heterocycles. The molecule has 6 heterocycles. The van der Waals surface area contributed by atoms with Crippen LogP contribution >= 0.6 is 0 Å². The molecule has 0 aliphatic heterocycles. The zero-order valence-electron chi connectivity index (χ0n) is 55.6. The number of carbonyl (C=O) groups excluding carboxylic acids is 1. The molecular weight excluding hydrogens is 1230 g/mol. The predicted octanol–water partition coefficient (Wildman–Crippen LogP) is 16.4. The predicted molar refractivity (Wildman–Crippen MR) is 388 cm³/mol. The molecular formula is C78H78FN9O9. The number of hydrogen-bond acceptors (Lipinski definition) is 13. The number of benzene rings is 6. The van der Waals surface area contributed by atoms with E-state index in [0.29, 0.717) is 57.2 Å². The van der Waals surface area contributed by atoms with E-state index in [1.807, 2.05) is 247 Å². The Bertz CT molecular complexity index is 4840. The maximum atomic E-state index is 14.5. The molecule has 0 bridgehead atoms. The number of ether oxygens (including phenoxy) is 1. The molecule has 496 valence electrons. The molecule has 0 radical (unpaired) electrons. The SMILES string of the molecule is CC.CC.CC.COC(=O)/C=C/c1cc(C)nc2c1c(=O)cc(Nc1ccccc1)n2-c1ccccc1.Cc1cc(CCC(=O)O)nc2c1c(=O)cc(Nc1ccccc1)n2-c1ccccc1.O=C(O)CCc1nc2c(cc1F)c(=O)cc(Nc1ccccc1)n2-c1ccccc1. The maximum Gasteiger partial charge on any atom is 0.330 e. The third-order valence-corrected chi connectivity index (χ3v) is 14.3. The third kappa shape index (κ3) is 18.8. The molecule has 0 atom stereocenters. The lowest BCUT2D eigenvalue weighted by molar-refractivity contribution is -0.138. The van der Waals surface area contributed by atoms with Crippen molar-refractivity contribution in [2.24, 2.45) is 0 Å². The van der Waals surface area contributed by atoms with E-state index in [-0.39, 0.29) is 52.3 Å². The fourth-order valence-corrected chi connectivity index (χ4v) is 10.2. The number of aromatic nitrogens is 6. The molecule has 19 heteroatoms. The monoisotopic (exact) mass is 1300 g/mol. The Morgan fingerprint density at radius 1 is 0.474 bits per heavy atom. The summed E-state index contributed by atoms with van der Waals surface area (Å²) in [6.45, 7) is 15.7. The number of nitrogens with one attached hydrogen (secondary N) is 3. The second-order valence-corrected chi connectivity index (χ2v) is 20.8. The molecule has 12 aromatic rings. The normalized spacial score (nSPS) is 10.4. The van der Waals surface area contributed by atoms with Gasteiger partial charge in [0.15, 0.2) is 27.6 Å². The van der Waals surface area contributed by atoms with E-state index in [9.17, 15) is 33.2 Å². The van der Waals surface area contributed by atoms with Gasteiger partial charge in [0.1, 0.15) is 28.9 Å². The first kappa shape index (κ1) is 72.3. The second kappa shape index (κ2) is 35.8. The van der Waals surface area contributed by atoms with Crippen LogP contribution in [0.1, 0.15) is 82.6 Å². The zero-order chi connectivity index (χ0) is 70.0. The lowest BCUT2D eigenvalue weighted by atomic mass is 10.1. The van der Waals surface area contributed by atoms with Crippen LogP contribution in [0.5, 0.6) is 0 Å². The Morgan fingerprint density at radius 3 is 1.28 bits per heavy atom. The molecule has 0 spiro atoms. The summed E-state index contributed by atoms with van der Waals surface area (Å²) in [5.41, 5.74) is 8.21. The van der Waals surface area contributed by atoms with Crippen LogP contribution in [0.4, 0.5) is 38.9 Å². The highest BCUT2D eigenvalue weighted by Gasteiger charge is 2.20. The van der Waals surface area contributed by atoms with Crippen molar-refractivity contribution in [3.8, 4) is 17.1 Å². The number of carboxylic acids is 2. The average Bonchev–Trinajstić information content (AvgIpc) is 0.777. The molecule has 0 fully saturated rings. The fraction of sp³-hybridized carbons (Fsp3) is 0.167. The van der Waals surface area contributed by atoms with Gasteiger partial charge in [-0.1, -0.05) is 151 Å². The lowest BCUT2D eigenvalue weighted by Crippen LogP contribution is -2.15. The van der Waals surface area contributed by atoms with Crippen molar-refractivity contribution in [2.75, 3.05) is 23.1 Å². The van der Waals surface area contributed by atoms with E-state index in [1.165, 1.54) is 19.3 Å². The quantitative estimate of drug-likeness (QED) is 0.0421. The standard InChI is InChI=1S/C25H21N3O3.C24H21N3O3.C23H18FN3O3.3C2H6/c1-17-15-18(13-14-23(30)31-2)24-21(29)16-22(27-19-9-5-3-6-10-19)28(25(24)26-17)20-11-7-4-8-12-20;1-16-14-18(12-13-22(29)30)26-24-23(16)20(28)15-21(25-17-8-4-2-5-9-17)27(24)19-10-6-3-7-11-19;24-18-13-17-20(28)14-21(25-15-7-3-1-4-8-15)27(16-9-5-2-6-10-16)23(17)26-19(18)11-12-22(29)30;3*1-2/h3-16,27H,1-2H3;2-11,14-15,25H,12-13H2,1H3,(H,29,30);1-10,13-14,25H,11-12H2,(H,29,30);3*1-2H3/b14-13+;;;;;. The summed E-state index contributed by atoms with van der Waals surface area (Å²) in [6, 6.07) is 66.4. The van der Waals surface area contributed by atoms with E-state index in [2.05, 4.69) is 25.7 Å². The third-order valence-electron chi connectivity index (χ3n) is 14.3. The summed E-state index contributed by atoms with van der Waals surface area (Å²) in [5, 5.41) is 28.9. The highest BCUT2D eigenvalue weighted by Crippen LogP contribution is 2.30. The van der Waals surface area contributed by atoms with Gasteiger partial charge in [0, 0.05) is 82.6 Å². The molecule has 0 saturated carbocycles. The molecule has 6 aromatic carbocycles. The van der Waals surface area contributed by atoms with E-state index in [4.69, 9.17) is 20.2 Å². The van der Waals surface area contributed by atoms with Gasteiger partial charge in [-0.3, -0.25) is 37.7 Å². The van der Waals surface area contributed by atoms with Crippen LogP contribution in [0, 0.1) is 19.7 Å². The van der Waals surface area contributed by atoms with Gasteiger partial charge in [-0.2, -0.15) is 0 Å². The van der Waals surface area contributed by atoms with E-state index < -0.39 is 23.7 Å². The summed E-state index contributed by atoms with van der Waals surface area (Å²) in [7, 11) is 1.31. The highest BCUT2D eigenvalue weighted by molar-refractivity contribution is 5.94. The van der Waals surface area contributed by atoms with Crippen LogP contribution in [0.15, 0.2) is 239 Å². The number of para-hydroxylation sites is 6. The van der Waals surface area contributed by atoms with Gasteiger partial charge < -0.3 is 30.9 Å². The Kier molecular flexibility index (Phi) is 26.7. The zero-order valence-corrected chi connectivity index (χ0v) is 55.6. The van der Waals surface area contributed by atoms with Crippen LogP contribution in [0.3, 0.4) is 0 Å². The molecule has 12 rings (SSSR count). The first-order valence-corrected chi connectivity index (χ1v) is 31.8. The molecule has 0 aliphatic carbocycles. The summed E-state index contributed by atoms with van der Waals surface area (Å²) < 4.78 is 24.7. The summed E-state index contributed by atoms with van der Waals surface area (Å²) in [5.74, 6) is -1.46. The molecule has 0 saturated heterocycles. The molecule has 18 nitrogen and oxygen atoms in total. The van der Waals surface area contributed by atoms with E-state index in [0.717, 1.165) is 51.4 Å². The Hall–Kier alpha value is -12.1. The largest absolute Gasteiger partial charge is 0.481 e. The Morgan fingerprint density at radius 2 is 0.856 bits per heavy atom. The number of halogens is 1. The number of aliphatic carboxylic acids is 2. The van der Waals surface area contributed by atoms with Gasteiger partial charge in [-0.05, 0) is 122 Å². The number of aryl methyl sites for hydroxylation is 4. The number of methoxy groups -OCH3 is 1. The van der Waals surface area contributed by atoms with Gasteiger partial charge in [0.25, 0.3) is 0 Å². The van der Waals surface area contributed by atoms with Gasteiger partial charge in [0.05, 0.1) is 41.8 Å². The van der Waals surface area contributed by atoms with Gasteiger partial charge in [-0.25, -0.2) is 24.1 Å². The number of carbonyl (C=O) groups is 3. The van der Waals surface area contributed by atoms with E-state index >= 15 is 0 Å². The van der Waals surface area contributed by atoms with Crippen LogP contribution in [-0.4, -0.2) is 63.9 Å². The van der Waals surface area contributed by atoms with Crippen molar-refractivity contribution < 1.29 is 33.7 Å². The highest BCUT2D eigenvalue weighted by atomic mass is 19.1. The number of hydrogen-bond donors (Lipinski definition) is 5. The van der Waals surface area contributed by atoms with E-state index in [1.54, 1.807) is 34.9 Å². The number of carboxylic acid groups (broad SMARTS) is 2. The first-order valence-electron chi connectivity index (χ1n) is 31.8. The molecule has 0 amide bonds. The van der Waals surface area contributed by atoms with Crippen molar-refractivity contribution in [1.29, 1.82) is 0 Å². The van der Waals surface area contributed by atoms with Gasteiger partial charge in [0.2, 0.25) is 0 Å². The topological polar surface area (TPSA) is 242 Å². The summed E-state index contributed by atoms with van der Waals surface area (Å²) in [4.78, 5) is 86.3. The number of nitrogens with zero attached hydrogens (tertiary/aromatic N) is 6. The molecule has 97 heavy (non-hydrogen) atoms. The van der Waals surface area contributed by atoms with Crippen molar-refractivity contribution in [2.45, 2.75) is 81.1 Å². The minimum absolute atomic E-state index is 0.00541. The van der Waals surface area contributed by atoms with Crippen molar-refractivity contribution >= 4 is 91.6 Å². The molecule has 0 unspecified atom stereocenters. The fourth-order valence-electron chi connectivity index (χ4n) is 10.2. The van der Waals surface area contributed by atoms with Crippen LogP contribution in [0.2, 0.25) is 0 Å². The number of fused-ring (bicyclic) bond motifs is 3. The Balaban J connectivity index is 0.000000197. The van der Waals surface area contributed by atoms with Crippen LogP contribution in [0.25, 0.3) is 56.2 Å². The first-order chi connectivity index (χ1) is 47.1. The molecule has 5 N–H and O–H groups in total. The van der Waals surface area contributed by atoms with Crippen LogP contribution < -0.4 is 32.2 Å². The second-order valence-electron chi connectivity index (χ2n) is 20.8. The Labute approximate surface area is 561 Å². The molecule has 0 aliphatic rings. The van der Waals surface area contributed by atoms with Crippen molar-refractivity contribution in [3.05, 3.63) is 289 Å². The van der Waals surface area contributed by atoms with Crippen molar-refractivity contribution in [1.82, 2.24) is 28.7 Å². The number of esters is 1. The summed E-state index contributed by atoms with van der Waals surface area (Å²) >= 11 is 0.